The minimum Gasteiger partial charge on any atom is -0.394 e. The lowest BCUT2D eigenvalue weighted by Crippen LogP contribution is -2.56. The van der Waals surface area contributed by atoms with Crippen molar-refractivity contribution in [2.24, 2.45) is 0 Å². The minimum atomic E-state index is -1.01. The Balaban J connectivity index is 1.56. The highest BCUT2D eigenvalue weighted by Gasteiger charge is 2.28. The van der Waals surface area contributed by atoms with Gasteiger partial charge in [0.25, 0.3) is 11.6 Å². The smallest absolute Gasteiger partial charge is 0.269 e. The second kappa shape index (κ2) is 9.16. The first kappa shape index (κ1) is 20.3. The zero-order chi connectivity index (χ0) is 20.8. The lowest BCUT2D eigenvalue weighted by Gasteiger charge is -2.37. The standard InChI is InChI=1S/C20H22N4O5/c25-14-18(21-19(26)15-4-2-1-3-5-15)20(27)23-12-10-22(11-13-23)16-6-8-17(9-7-16)24(28)29/h1-9,18,25H,10-14H2,(H,21,26)/t18-/m0/s1. The first-order chi connectivity index (χ1) is 14.0. The number of anilines is 1. The number of nitro benzene ring substituents is 1. The highest BCUT2D eigenvalue weighted by molar-refractivity contribution is 5.97. The number of nitrogens with zero attached hydrogens (tertiary/aromatic N) is 3. The zero-order valence-electron chi connectivity index (χ0n) is 15.7. The van der Waals surface area contributed by atoms with Crippen LogP contribution in [-0.4, -0.2) is 65.6 Å². The van der Waals surface area contributed by atoms with Crippen LogP contribution < -0.4 is 10.2 Å². The average Bonchev–Trinajstić information content (AvgIpc) is 2.77. The van der Waals surface area contributed by atoms with Crippen molar-refractivity contribution in [3.63, 3.8) is 0 Å². The fourth-order valence-corrected chi connectivity index (χ4v) is 3.21. The van der Waals surface area contributed by atoms with E-state index in [0.717, 1.165) is 5.69 Å². The van der Waals surface area contributed by atoms with Crippen molar-refractivity contribution in [1.82, 2.24) is 10.2 Å². The molecule has 0 radical (unpaired) electrons. The number of piperazine rings is 1. The Bertz CT molecular complexity index is 864. The number of amides is 2. The van der Waals surface area contributed by atoms with Gasteiger partial charge in [0, 0.05) is 49.6 Å². The Morgan fingerprint density at radius 1 is 1.03 bits per heavy atom. The maximum absolute atomic E-state index is 12.7. The number of carbonyl (C=O) groups excluding carboxylic acids is 2. The van der Waals surface area contributed by atoms with Crippen LogP contribution in [0, 0.1) is 10.1 Å². The number of hydrogen-bond donors (Lipinski definition) is 2. The number of carbonyl (C=O) groups is 2. The predicted molar refractivity (Wildman–Crippen MR) is 107 cm³/mol. The van der Waals surface area contributed by atoms with E-state index < -0.39 is 23.5 Å². The third-order valence-electron chi connectivity index (χ3n) is 4.84. The molecule has 1 atom stereocenters. The lowest BCUT2D eigenvalue weighted by atomic mass is 10.1. The molecule has 2 amide bonds. The quantitative estimate of drug-likeness (QED) is 0.555. The van der Waals surface area contributed by atoms with Gasteiger partial charge in [-0.15, -0.1) is 0 Å². The van der Waals surface area contributed by atoms with Crippen LogP contribution in [0.3, 0.4) is 0 Å². The number of hydrogen-bond acceptors (Lipinski definition) is 6. The van der Waals surface area contributed by atoms with Crippen molar-refractivity contribution in [3.05, 3.63) is 70.3 Å². The van der Waals surface area contributed by atoms with Crippen LogP contribution in [-0.2, 0) is 4.79 Å². The van der Waals surface area contributed by atoms with Gasteiger partial charge in [0.1, 0.15) is 6.04 Å². The van der Waals surface area contributed by atoms with E-state index in [0.29, 0.717) is 31.7 Å². The Kier molecular flexibility index (Phi) is 6.40. The molecule has 2 aromatic rings. The molecule has 1 heterocycles. The van der Waals surface area contributed by atoms with Gasteiger partial charge in [-0.25, -0.2) is 0 Å². The SMILES string of the molecule is O=C(N[C@@H](CO)C(=O)N1CCN(c2ccc([N+](=O)[O-])cc2)CC1)c1ccccc1. The van der Waals surface area contributed by atoms with Crippen molar-refractivity contribution in [2.75, 3.05) is 37.7 Å². The van der Waals surface area contributed by atoms with E-state index in [9.17, 15) is 24.8 Å². The Hall–Kier alpha value is -3.46. The van der Waals surface area contributed by atoms with Gasteiger partial charge in [-0.3, -0.25) is 19.7 Å². The Morgan fingerprint density at radius 2 is 1.66 bits per heavy atom. The van der Waals surface area contributed by atoms with Crippen molar-refractivity contribution >= 4 is 23.2 Å². The molecule has 0 unspecified atom stereocenters. The third-order valence-corrected chi connectivity index (χ3v) is 4.84. The van der Waals surface area contributed by atoms with Gasteiger partial charge >= 0.3 is 0 Å². The number of non-ortho nitro benzene ring substituents is 1. The number of nitro groups is 1. The van der Waals surface area contributed by atoms with Crippen LogP contribution in [0.4, 0.5) is 11.4 Å². The second-order valence-corrected chi connectivity index (χ2v) is 6.66. The van der Waals surface area contributed by atoms with Crippen molar-refractivity contribution in [1.29, 1.82) is 0 Å². The molecule has 3 rings (SSSR count). The van der Waals surface area contributed by atoms with E-state index >= 15 is 0 Å². The summed E-state index contributed by atoms with van der Waals surface area (Å²) < 4.78 is 0. The van der Waals surface area contributed by atoms with E-state index in [2.05, 4.69) is 5.32 Å². The molecule has 1 fully saturated rings. The molecule has 9 heteroatoms. The van der Waals surface area contributed by atoms with Crippen molar-refractivity contribution in [2.45, 2.75) is 6.04 Å². The summed E-state index contributed by atoms with van der Waals surface area (Å²) in [5.41, 5.74) is 1.29. The summed E-state index contributed by atoms with van der Waals surface area (Å²) in [4.78, 5) is 38.9. The van der Waals surface area contributed by atoms with E-state index in [1.807, 2.05) is 4.90 Å². The summed E-state index contributed by atoms with van der Waals surface area (Å²) in [6.07, 6.45) is 0. The summed E-state index contributed by atoms with van der Waals surface area (Å²) in [6.45, 7) is 1.46. The molecule has 0 aromatic heterocycles. The highest BCUT2D eigenvalue weighted by atomic mass is 16.6. The molecular formula is C20H22N4O5. The maximum atomic E-state index is 12.7. The van der Waals surface area contributed by atoms with Crippen LogP contribution in [0.1, 0.15) is 10.4 Å². The topological polar surface area (TPSA) is 116 Å². The lowest BCUT2D eigenvalue weighted by molar-refractivity contribution is -0.384. The van der Waals surface area contributed by atoms with Crippen LogP contribution in [0.15, 0.2) is 54.6 Å². The summed E-state index contributed by atoms with van der Waals surface area (Å²) in [6, 6.07) is 13.8. The van der Waals surface area contributed by atoms with E-state index in [1.54, 1.807) is 47.4 Å². The Labute approximate surface area is 167 Å². The largest absolute Gasteiger partial charge is 0.394 e. The molecule has 1 saturated heterocycles. The van der Waals surface area contributed by atoms with Gasteiger partial charge in [0.15, 0.2) is 0 Å². The summed E-state index contributed by atoms with van der Waals surface area (Å²) >= 11 is 0. The molecule has 0 saturated carbocycles. The fourth-order valence-electron chi connectivity index (χ4n) is 3.21. The van der Waals surface area contributed by atoms with Gasteiger partial charge in [-0.2, -0.15) is 0 Å². The number of benzene rings is 2. The van der Waals surface area contributed by atoms with E-state index in [1.165, 1.54) is 12.1 Å². The summed E-state index contributed by atoms with van der Waals surface area (Å²) in [5, 5.41) is 22.9. The molecule has 2 N–H and O–H groups in total. The van der Waals surface area contributed by atoms with E-state index in [4.69, 9.17) is 0 Å². The predicted octanol–water partition coefficient (Wildman–Crippen LogP) is 1.03. The molecule has 0 bridgehead atoms. The monoisotopic (exact) mass is 398 g/mol. The first-order valence-electron chi connectivity index (χ1n) is 9.24. The van der Waals surface area contributed by atoms with Gasteiger partial charge in [-0.05, 0) is 24.3 Å². The van der Waals surface area contributed by atoms with Crippen LogP contribution in [0.25, 0.3) is 0 Å². The molecular weight excluding hydrogens is 376 g/mol. The number of rotatable bonds is 6. The maximum Gasteiger partial charge on any atom is 0.269 e. The van der Waals surface area contributed by atoms with Crippen molar-refractivity contribution in [3.8, 4) is 0 Å². The van der Waals surface area contributed by atoms with Crippen molar-refractivity contribution < 1.29 is 19.6 Å². The van der Waals surface area contributed by atoms with Gasteiger partial charge in [0.05, 0.1) is 11.5 Å². The number of aliphatic hydroxyl groups is 1. The van der Waals surface area contributed by atoms with E-state index in [-0.39, 0.29) is 11.6 Å². The number of aliphatic hydroxyl groups excluding tert-OH is 1. The molecule has 152 valence electrons. The molecule has 1 aliphatic rings. The fraction of sp³-hybridized carbons (Fsp3) is 0.300. The molecule has 0 aliphatic carbocycles. The first-order valence-corrected chi connectivity index (χ1v) is 9.24. The molecule has 2 aromatic carbocycles. The normalized spacial score (nSPS) is 14.9. The minimum absolute atomic E-state index is 0.0301. The zero-order valence-corrected chi connectivity index (χ0v) is 15.7. The van der Waals surface area contributed by atoms with Gasteiger partial charge < -0.3 is 20.2 Å². The third kappa shape index (κ3) is 4.88. The molecule has 29 heavy (non-hydrogen) atoms. The Morgan fingerprint density at radius 3 is 2.21 bits per heavy atom. The van der Waals surface area contributed by atoms with Gasteiger partial charge in [0.2, 0.25) is 5.91 Å². The second-order valence-electron chi connectivity index (χ2n) is 6.66. The number of nitrogens with one attached hydrogen (secondary N) is 1. The van der Waals surface area contributed by atoms with Crippen LogP contribution >= 0.6 is 0 Å². The highest BCUT2D eigenvalue weighted by Crippen LogP contribution is 2.20. The average molecular weight is 398 g/mol. The van der Waals surface area contributed by atoms with Crippen LogP contribution in [0.5, 0.6) is 0 Å². The van der Waals surface area contributed by atoms with Gasteiger partial charge in [-0.1, -0.05) is 18.2 Å². The molecule has 1 aliphatic heterocycles. The summed E-state index contributed by atoms with van der Waals surface area (Å²) in [7, 11) is 0. The summed E-state index contributed by atoms with van der Waals surface area (Å²) in [5.74, 6) is -0.748. The van der Waals surface area contributed by atoms with Crippen LogP contribution in [0.2, 0.25) is 0 Å². The molecule has 9 nitrogen and oxygen atoms in total. The molecule has 0 spiro atoms.